The van der Waals surface area contributed by atoms with Crippen LogP contribution >= 0.6 is 44.7 Å². The van der Waals surface area contributed by atoms with Gasteiger partial charge in [-0.05, 0) is 39.8 Å². The molecule has 1 rings (SSSR count). The summed E-state index contributed by atoms with van der Waals surface area (Å²) < 4.78 is 3.48. The van der Waals surface area contributed by atoms with Gasteiger partial charge in [0.2, 0.25) is 0 Å². The smallest absolute Gasteiger partial charge is 0.0916 e. The third kappa shape index (κ3) is 13.2. The van der Waals surface area contributed by atoms with E-state index in [-0.39, 0.29) is 65.4 Å². The van der Waals surface area contributed by atoms with Crippen LogP contribution in [0.1, 0.15) is 27.7 Å². The zero-order chi connectivity index (χ0) is 14.0. The Bertz CT molecular complexity index is 408. The van der Waals surface area contributed by atoms with Crippen LogP contribution in [0.5, 0.6) is 0 Å². The molecule has 0 N–H and O–H groups in total. The monoisotopic (exact) mass is 532 g/mol. The molecule has 0 saturated heterocycles. The first kappa shape index (κ1) is 27.6. The first-order valence-corrected chi connectivity index (χ1v) is 9.78. The molecule has 0 unspecified atom stereocenters. The van der Waals surface area contributed by atoms with Crippen molar-refractivity contribution in [3.05, 3.63) is 20.6 Å². The Morgan fingerprint density at radius 1 is 1.15 bits per heavy atom. The molecule has 20 heavy (non-hydrogen) atoms. The molecule has 0 aromatic carbocycles. The molecule has 0 spiro atoms. The van der Waals surface area contributed by atoms with Crippen LogP contribution in [0.2, 0.25) is 0 Å². The summed E-state index contributed by atoms with van der Waals surface area (Å²) in [5, 5.41) is 7.74. The molecule has 2 nitrogen and oxygen atoms in total. The average Bonchev–Trinajstić information content (AvgIpc) is 2.82. The Morgan fingerprint density at radius 2 is 1.75 bits per heavy atom. The third-order valence-electron chi connectivity index (χ3n) is 1.26. The summed E-state index contributed by atoms with van der Waals surface area (Å²) >= 11 is 13.0. The second-order valence-corrected chi connectivity index (χ2v) is 8.40. The van der Waals surface area contributed by atoms with Gasteiger partial charge in [0.15, 0.2) is 0 Å². The van der Waals surface area contributed by atoms with E-state index in [0.717, 1.165) is 12.8 Å². The van der Waals surface area contributed by atoms with E-state index in [2.05, 4.69) is 10.2 Å². The van der Waals surface area contributed by atoms with Crippen molar-refractivity contribution in [2.24, 2.45) is 0 Å². The summed E-state index contributed by atoms with van der Waals surface area (Å²) in [5.41, 5.74) is 0. The molecule has 2 radical (unpaired) electrons. The molecule has 0 fully saturated rings. The van der Waals surface area contributed by atoms with Crippen molar-refractivity contribution >= 4 is 69.9 Å². The van der Waals surface area contributed by atoms with E-state index >= 15 is 0 Å². The van der Waals surface area contributed by atoms with E-state index in [1.165, 1.54) is 11.3 Å². The summed E-state index contributed by atoms with van der Waals surface area (Å²) in [7, 11) is 3.19. The van der Waals surface area contributed by atoms with Crippen LogP contribution in [0.4, 0.5) is 0 Å². The van der Waals surface area contributed by atoms with Gasteiger partial charge >= 0.3 is 0 Å². The van der Waals surface area contributed by atoms with Crippen LogP contribution in [0.3, 0.4) is 0 Å². The van der Waals surface area contributed by atoms with Crippen molar-refractivity contribution in [1.82, 2.24) is 10.2 Å². The van der Waals surface area contributed by atoms with Crippen molar-refractivity contribution in [3.63, 3.8) is 0 Å². The third-order valence-corrected chi connectivity index (χ3v) is 7.06. The van der Waals surface area contributed by atoms with Gasteiger partial charge in [0.25, 0.3) is 0 Å². The minimum atomic E-state index is 0. The Hall–Kier alpha value is 2.74. The molecule has 108 valence electrons. The fraction of sp³-hybridized carbons (Fsp3) is 0.400. The van der Waals surface area contributed by atoms with Gasteiger partial charge in [0.05, 0.1) is 4.34 Å². The van der Waals surface area contributed by atoms with Crippen molar-refractivity contribution in [2.75, 3.05) is 0 Å². The molecular weight excluding hydrogens is 518 g/mol. The minimum absolute atomic E-state index is 0. The largest absolute Gasteiger partial charge is 0.773 e. The molecule has 0 aliphatic rings. The molecule has 0 aliphatic heterocycles. The predicted octanol–water partition coefficient (Wildman–Crippen LogP) is 5.21. The van der Waals surface area contributed by atoms with Crippen molar-refractivity contribution in [2.45, 2.75) is 36.4 Å². The number of rotatable bonds is 5. The topological polar surface area (TPSA) is 25.8 Å². The van der Waals surface area contributed by atoms with Crippen LogP contribution < -0.4 is 0 Å². The Morgan fingerprint density at radius 3 is 2.15 bits per heavy atom. The maximum Gasteiger partial charge on any atom is 0.0916 e. The van der Waals surface area contributed by atoms with Gasteiger partial charge in [0, 0.05) is 69.7 Å². The molecule has 0 aliphatic carbocycles. The van der Waals surface area contributed by atoms with E-state index in [1.807, 2.05) is 39.8 Å². The number of aromatic nitrogens is 2. The second-order valence-electron chi connectivity index (χ2n) is 2.32. The maximum atomic E-state index is 5.13. The SMILES string of the molecule is CC.CC=C(SSc1nnc([S-])s1)S/C([S-])=C/C.[Y].[Y]. The Labute approximate surface area is 199 Å². The van der Waals surface area contributed by atoms with E-state index in [0.29, 0.717) is 4.34 Å². The van der Waals surface area contributed by atoms with Crippen LogP contribution in [-0.2, 0) is 90.7 Å². The van der Waals surface area contributed by atoms with E-state index in [9.17, 15) is 0 Å². The Kier molecular flexibility index (Phi) is 24.9. The van der Waals surface area contributed by atoms with Gasteiger partial charge in [-0.1, -0.05) is 19.9 Å². The van der Waals surface area contributed by atoms with Crippen molar-refractivity contribution in [1.29, 1.82) is 0 Å². The average molecular weight is 532 g/mol. The fourth-order valence-corrected chi connectivity index (χ4v) is 5.38. The van der Waals surface area contributed by atoms with Crippen LogP contribution in [-0.4, -0.2) is 10.2 Å². The maximum absolute atomic E-state index is 5.13. The van der Waals surface area contributed by atoms with Gasteiger partial charge in [-0.3, -0.25) is 0 Å². The molecule has 0 bridgehead atoms. The van der Waals surface area contributed by atoms with Gasteiger partial charge in [-0.2, -0.15) is 10.2 Å². The number of allylic oxidation sites excluding steroid dienone is 2. The van der Waals surface area contributed by atoms with Crippen LogP contribution in [0, 0.1) is 0 Å². The zero-order valence-electron chi connectivity index (χ0n) is 11.7. The van der Waals surface area contributed by atoms with Gasteiger partial charge in [-0.25, -0.2) is 0 Å². The van der Waals surface area contributed by atoms with Crippen molar-refractivity contribution < 1.29 is 65.4 Å². The molecule has 0 amide bonds. The van der Waals surface area contributed by atoms with E-state index < -0.39 is 0 Å². The van der Waals surface area contributed by atoms with Gasteiger partial charge in [0.1, 0.15) is 0 Å². The normalized spacial score (nSPS) is 10.8. The quantitative estimate of drug-likeness (QED) is 0.380. The molecule has 10 heteroatoms. The number of hydrogen-bond acceptors (Lipinski definition) is 8. The second kappa shape index (κ2) is 18.1. The Balaban J connectivity index is -0.000000689. The molecule has 0 saturated carbocycles. The standard InChI is InChI=1S/C8H10N2S6.C2H6.2Y/c1-3-5(11)13-6(4-2)15-16-8-10-9-7(12)14-8;1-2;;/h3-4,11H,1-2H3,(H,9,12);1-2H3;;/p-2/b5-3+,6-4?;;;. The summed E-state index contributed by atoms with van der Waals surface area (Å²) in [5.74, 6) is 0. The van der Waals surface area contributed by atoms with Crippen LogP contribution in [0.15, 0.2) is 29.3 Å². The van der Waals surface area contributed by atoms with Gasteiger partial charge < -0.3 is 36.6 Å². The minimum Gasteiger partial charge on any atom is -0.773 e. The summed E-state index contributed by atoms with van der Waals surface area (Å²) in [6, 6.07) is 0. The summed E-state index contributed by atoms with van der Waals surface area (Å²) in [6.07, 6.45) is 3.95. The molecule has 0 atom stereocenters. The zero-order valence-corrected chi connectivity index (χ0v) is 22.2. The molecule has 1 aromatic rings. The van der Waals surface area contributed by atoms with E-state index in [4.69, 9.17) is 25.3 Å². The first-order valence-electron chi connectivity index (χ1n) is 5.18. The van der Waals surface area contributed by atoms with E-state index in [1.54, 1.807) is 33.3 Å². The number of thioether (sulfide) groups is 1. The van der Waals surface area contributed by atoms with Crippen molar-refractivity contribution in [3.8, 4) is 0 Å². The number of nitrogens with zero attached hydrogens (tertiary/aromatic N) is 2. The molecule has 1 heterocycles. The van der Waals surface area contributed by atoms with Gasteiger partial charge in [-0.15, -0.1) is 22.1 Å². The van der Waals surface area contributed by atoms with Crippen LogP contribution in [0.25, 0.3) is 0 Å². The summed E-state index contributed by atoms with van der Waals surface area (Å²) in [4.78, 5) is 0. The molecule has 1 aromatic heterocycles. The fourth-order valence-electron chi connectivity index (χ4n) is 0.590. The molecular formula is C10H14N2S6Y2-2. The predicted molar refractivity (Wildman–Crippen MR) is 92.8 cm³/mol. The summed E-state index contributed by atoms with van der Waals surface area (Å²) in [6.45, 7) is 7.93. The first-order chi connectivity index (χ1) is 8.65. The number of hydrogen-bond donors (Lipinski definition) is 0.